The third kappa shape index (κ3) is 3.33. The molecule has 3 nitrogen and oxygen atoms in total. The Bertz CT molecular complexity index is 451. The molecule has 2 N–H and O–H groups in total. The number of nitrogens with one attached hydrogen (secondary N) is 1. The van der Waals surface area contributed by atoms with Crippen LogP contribution in [0.25, 0.3) is 0 Å². The van der Waals surface area contributed by atoms with Crippen LogP contribution in [0, 0.1) is 0 Å². The van der Waals surface area contributed by atoms with Crippen LogP contribution in [0.15, 0.2) is 27.1 Å². The Balaban J connectivity index is 2.07. The van der Waals surface area contributed by atoms with Gasteiger partial charge < -0.3 is 10.4 Å². The van der Waals surface area contributed by atoms with Gasteiger partial charge in [-0.25, -0.2) is 0 Å². The lowest BCUT2D eigenvalue weighted by Crippen LogP contribution is -2.45. The first kappa shape index (κ1) is 14.0. The highest BCUT2D eigenvalue weighted by Crippen LogP contribution is 2.23. The summed E-state index contributed by atoms with van der Waals surface area (Å²) in [6, 6.07) is 5.31. The van der Waals surface area contributed by atoms with E-state index in [0.717, 1.165) is 34.6 Å². The van der Waals surface area contributed by atoms with E-state index in [2.05, 4.69) is 37.2 Å². The Morgan fingerprint density at radius 3 is 2.67 bits per heavy atom. The molecule has 0 heterocycles. The Morgan fingerprint density at radius 1 is 1.28 bits per heavy atom. The molecule has 0 bridgehead atoms. The van der Waals surface area contributed by atoms with E-state index in [4.69, 9.17) is 0 Å². The number of aliphatic hydroxyl groups is 1. The van der Waals surface area contributed by atoms with Crippen molar-refractivity contribution in [3.63, 3.8) is 0 Å². The van der Waals surface area contributed by atoms with Gasteiger partial charge in [0, 0.05) is 8.95 Å². The number of halogens is 2. The molecule has 1 aliphatic rings. The lowest BCUT2D eigenvalue weighted by atomic mass is 9.92. The highest BCUT2D eigenvalue weighted by atomic mass is 79.9. The summed E-state index contributed by atoms with van der Waals surface area (Å²) in [6.45, 7) is 0. The van der Waals surface area contributed by atoms with E-state index < -0.39 is 6.10 Å². The monoisotopic (exact) mass is 375 g/mol. The van der Waals surface area contributed by atoms with Crippen molar-refractivity contribution in [3.05, 3.63) is 32.7 Å². The fourth-order valence-electron chi connectivity index (χ4n) is 2.20. The molecular weight excluding hydrogens is 362 g/mol. The smallest absolute Gasteiger partial charge is 0.252 e. The van der Waals surface area contributed by atoms with Gasteiger partial charge >= 0.3 is 0 Å². The third-order valence-electron chi connectivity index (χ3n) is 3.22. The van der Waals surface area contributed by atoms with Gasteiger partial charge in [0.15, 0.2) is 0 Å². The van der Waals surface area contributed by atoms with E-state index in [1.54, 1.807) is 6.07 Å². The molecule has 1 saturated carbocycles. The Hall–Kier alpha value is -0.390. The van der Waals surface area contributed by atoms with Gasteiger partial charge in [0.1, 0.15) is 0 Å². The molecule has 1 aromatic rings. The van der Waals surface area contributed by atoms with E-state index in [0.29, 0.717) is 5.56 Å². The molecule has 1 aliphatic carbocycles. The predicted octanol–water partition coefficient (Wildman–Crippen LogP) is 3.24. The molecule has 0 aromatic heterocycles. The fourth-order valence-corrected chi connectivity index (χ4v) is 3.43. The van der Waals surface area contributed by atoms with E-state index in [-0.39, 0.29) is 11.9 Å². The van der Waals surface area contributed by atoms with Gasteiger partial charge in [-0.15, -0.1) is 0 Å². The number of benzene rings is 1. The van der Waals surface area contributed by atoms with Gasteiger partial charge in [0.2, 0.25) is 0 Å². The zero-order valence-corrected chi connectivity index (χ0v) is 13.0. The Labute approximate surface area is 123 Å². The highest BCUT2D eigenvalue weighted by molar-refractivity contribution is 9.11. The summed E-state index contributed by atoms with van der Waals surface area (Å²) >= 11 is 6.73. The van der Waals surface area contributed by atoms with Crippen LogP contribution in [0.3, 0.4) is 0 Å². The standard InChI is InChI=1S/C13H15Br2NO2/c14-8-5-6-9(10(15)7-8)13(18)16-11-3-1-2-4-12(11)17/h5-7,11-12,17H,1-4H2,(H,16,18). The number of amides is 1. The predicted molar refractivity (Wildman–Crippen MR) is 77.6 cm³/mol. The largest absolute Gasteiger partial charge is 0.391 e. The minimum atomic E-state index is -0.420. The van der Waals surface area contributed by atoms with Gasteiger partial charge in [-0.1, -0.05) is 28.8 Å². The van der Waals surface area contributed by atoms with Crippen LogP contribution in [0.2, 0.25) is 0 Å². The fraction of sp³-hybridized carbons (Fsp3) is 0.462. The first-order valence-corrected chi connectivity index (χ1v) is 7.60. The third-order valence-corrected chi connectivity index (χ3v) is 4.37. The Kier molecular flexibility index (Phi) is 4.81. The number of carbonyl (C=O) groups is 1. The van der Waals surface area contributed by atoms with Gasteiger partial charge in [0.05, 0.1) is 17.7 Å². The van der Waals surface area contributed by atoms with E-state index in [1.165, 1.54) is 0 Å². The van der Waals surface area contributed by atoms with Gasteiger partial charge in [-0.2, -0.15) is 0 Å². The molecule has 0 spiro atoms. The number of carbonyl (C=O) groups excluding carboxylic acids is 1. The maximum atomic E-state index is 12.1. The normalized spacial score (nSPS) is 23.7. The maximum Gasteiger partial charge on any atom is 0.252 e. The number of hydrogen-bond acceptors (Lipinski definition) is 2. The highest BCUT2D eigenvalue weighted by Gasteiger charge is 2.25. The van der Waals surface area contributed by atoms with Crippen LogP contribution in [0.1, 0.15) is 36.0 Å². The second-order valence-corrected chi connectivity index (χ2v) is 6.33. The number of hydrogen-bond donors (Lipinski definition) is 2. The zero-order valence-electron chi connectivity index (χ0n) is 9.83. The topological polar surface area (TPSA) is 49.3 Å². The zero-order chi connectivity index (χ0) is 13.1. The summed E-state index contributed by atoms with van der Waals surface area (Å²) < 4.78 is 1.67. The van der Waals surface area contributed by atoms with Crippen molar-refractivity contribution in [3.8, 4) is 0 Å². The first-order chi connectivity index (χ1) is 8.58. The lowest BCUT2D eigenvalue weighted by Gasteiger charge is -2.28. The minimum absolute atomic E-state index is 0.123. The average molecular weight is 377 g/mol. The summed E-state index contributed by atoms with van der Waals surface area (Å²) in [4.78, 5) is 12.1. The summed E-state index contributed by atoms with van der Waals surface area (Å²) in [7, 11) is 0. The van der Waals surface area contributed by atoms with Gasteiger partial charge in [-0.3, -0.25) is 4.79 Å². The Morgan fingerprint density at radius 2 is 2.00 bits per heavy atom. The molecule has 2 rings (SSSR count). The summed E-state index contributed by atoms with van der Waals surface area (Å²) in [5.41, 5.74) is 0.593. The quantitative estimate of drug-likeness (QED) is 0.832. The number of aliphatic hydroxyl groups excluding tert-OH is 1. The van der Waals surface area contributed by atoms with Crippen molar-refractivity contribution in [1.82, 2.24) is 5.32 Å². The van der Waals surface area contributed by atoms with Crippen molar-refractivity contribution >= 4 is 37.8 Å². The van der Waals surface area contributed by atoms with Crippen LogP contribution < -0.4 is 5.32 Å². The van der Waals surface area contributed by atoms with Gasteiger partial charge in [0.25, 0.3) is 5.91 Å². The van der Waals surface area contributed by atoms with Crippen LogP contribution in [0.4, 0.5) is 0 Å². The molecule has 0 aliphatic heterocycles. The van der Waals surface area contributed by atoms with Crippen molar-refractivity contribution < 1.29 is 9.90 Å². The molecule has 2 atom stereocenters. The van der Waals surface area contributed by atoms with Crippen molar-refractivity contribution in [2.45, 2.75) is 37.8 Å². The van der Waals surface area contributed by atoms with Crippen LogP contribution >= 0.6 is 31.9 Å². The van der Waals surface area contributed by atoms with Crippen molar-refractivity contribution in [1.29, 1.82) is 0 Å². The molecule has 1 aromatic carbocycles. The maximum absolute atomic E-state index is 12.1. The molecule has 0 radical (unpaired) electrons. The second kappa shape index (κ2) is 6.17. The number of rotatable bonds is 2. The van der Waals surface area contributed by atoms with E-state index >= 15 is 0 Å². The summed E-state index contributed by atoms with van der Waals surface area (Å²) in [6.07, 6.45) is 3.30. The average Bonchev–Trinajstić information content (AvgIpc) is 2.32. The molecule has 1 fully saturated rings. The molecule has 5 heteroatoms. The first-order valence-electron chi connectivity index (χ1n) is 6.02. The van der Waals surface area contributed by atoms with Crippen molar-refractivity contribution in [2.75, 3.05) is 0 Å². The summed E-state index contributed by atoms with van der Waals surface area (Å²) in [5, 5.41) is 12.8. The lowest BCUT2D eigenvalue weighted by molar-refractivity contribution is 0.0716. The van der Waals surface area contributed by atoms with Crippen LogP contribution in [-0.2, 0) is 0 Å². The van der Waals surface area contributed by atoms with Gasteiger partial charge in [-0.05, 0) is 47.0 Å². The van der Waals surface area contributed by atoms with Crippen molar-refractivity contribution in [2.24, 2.45) is 0 Å². The molecule has 1 amide bonds. The molecule has 2 unspecified atom stereocenters. The van der Waals surface area contributed by atoms with E-state index in [1.807, 2.05) is 12.1 Å². The molecule has 98 valence electrons. The SMILES string of the molecule is O=C(NC1CCCCC1O)c1ccc(Br)cc1Br. The summed E-state index contributed by atoms with van der Waals surface area (Å²) in [5.74, 6) is -0.139. The van der Waals surface area contributed by atoms with Crippen LogP contribution in [0.5, 0.6) is 0 Å². The van der Waals surface area contributed by atoms with E-state index in [9.17, 15) is 9.90 Å². The van der Waals surface area contributed by atoms with Crippen LogP contribution in [-0.4, -0.2) is 23.2 Å². The molecule has 0 saturated heterocycles. The molecular formula is C13H15Br2NO2. The minimum Gasteiger partial charge on any atom is -0.391 e. The molecule has 18 heavy (non-hydrogen) atoms. The second-order valence-electron chi connectivity index (χ2n) is 4.56.